The van der Waals surface area contributed by atoms with Gasteiger partial charge in [-0.05, 0) is 24.8 Å². The first kappa shape index (κ1) is 17.4. The number of sulfonamides is 1. The number of hydrogen-bond acceptors (Lipinski definition) is 4. The fraction of sp³-hybridized carbons (Fsp3) is 0.474. The highest BCUT2D eigenvalue weighted by Gasteiger charge is 2.53. The molecule has 4 rings (SSSR count). The van der Waals surface area contributed by atoms with Crippen molar-refractivity contribution in [2.45, 2.75) is 25.3 Å². The van der Waals surface area contributed by atoms with Gasteiger partial charge in [-0.25, -0.2) is 8.42 Å². The van der Waals surface area contributed by atoms with Gasteiger partial charge in [0, 0.05) is 13.1 Å². The Balaban J connectivity index is 1.36. The number of fused-ring (bicyclic) bond motifs is 1. The van der Waals surface area contributed by atoms with Crippen LogP contribution in [0.4, 0.5) is 0 Å². The minimum Gasteiger partial charge on any atom is -0.276 e. The third-order valence-corrected chi connectivity index (χ3v) is 7.43. The largest absolute Gasteiger partial charge is 0.276 e. The van der Waals surface area contributed by atoms with Crippen molar-refractivity contribution in [1.29, 1.82) is 0 Å². The van der Waals surface area contributed by atoms with Gasteiger partial charge in [-0.3, -0.25) is 14.5 Å². The number of carbonyl (C=O) groups is 2. The lowest BCUT2D eigenvalue weighted by molar-refractivity contribution is -0.145. The van der Waals surface area contributed by atoms with E-state index >= 15 is 0 Å². The number of imide groups is 1. The number of carbonyl (C=O) groups excluding carboxylic acids is 2. The summed E-state index contributed by atoms with van der Waals surface area (Å²) in [6, 6.07) is 9.18. The number of amides is 2. The maximum absolute atomic E-state index is 12.6. The van der Waals surface area contributed by atoms with Crippen LogP contribution in [0.15, 0.2) is 42.5 Å². The number of benzene rings is 1. The third kappa shape index (κ3) is 2.99. The van der Waals surface area contributed by atoms with Crippen LogP contribution in [-0.4, -0.2) is 54.3 Å². The van der Waals surface area contributed by atoms with E-state index in [1.165, 1.54) is 9.21 Å². The van der Waals surface area contributed by atoms with Gasteiger partial charge >= 0.3 is 0 Å². The Morgan fingerprint density at radius 3 is 2.08 bits per heavy atom. The number of aryl methyl sites for hydroxylation is 1. The van der Waals surface area contributed by atoms with E-state index in [1.807, 2.05) is 42.5 Å². The van der Waals surface area contributed by atoms with Gasteiger partial charge in [-0.15, -0.1) is 0 Å². The first-order valence-electron chi connectivity index (χ1n) is 9.01. The van der Waals surface area contributed by atoms with Crippen LogP contribution in [-0.2, 0) is 26.0 Å². The molecule has 1 aromatic rings. The predicted molar refractivity (Wildman–Crippen MR) is 96.5 cm³/mol. The van der Waals surface area contributed by atoms with Crippen LogP contribution in [0.25, 0.3) is 0 Å². The van der Waals surface area contributed by atoms with E-state index in [0.29, 0.717) is 19.3 Å². The summed E-state index contributed by atoms with van der Waals surface area (Å²) in [7, 11) is -3.37. The standard InChI is InChI=1S/C19H22N2O4S/c22-18-16-8-4-5-9-17(16)19(23)21(18)15-12-20(13-15)26(24,25)11-10-14-6-2-1-3-7-14/h1-7,15-17H,8-13H2/t16-,17-/m0/s1. The maximum atomic E-state index is 12.6. The Hall–Kier alpha value is -1.99. The summed E-state index contributed by atoms with van der Waals surface area (Å²) in [6.07, 6.45) is 5.59. The number of rotatable bonds is 5. The highest BCUT2D eigenvalue weighted by Crippen LogP contribution is 2.37. The Labute approximate surface area is 153 Å². The Morgan fingerprint density at radius 1 is 0.923 bits per heavy atom. The van der Waals surface area contributed by atoms with E-state index in [1.54, 1.807) is 0 Å². The summed E-state index contributed by atoms with van der Waals surface area (Å²) in [5, 5.41) is 0. The van der Waals surface area contributed by atoms with E-state index in [9.17, 15) is 18.0 Å². The second kappa shape index (κ2) is 6.63. The molecule has 0 aromatic heterocycles. The third-order valence-electron chi connectivity index (χ3n) is 5.62. The summed E-state index contributed by atoms with van der Waals surface area (Å²) in [6.45, 7) is 0.447. The second-order valence-corrected chi connectivity index (χ2v) is 9.31. The van der Waals surface area contributed by atoms with Gasteiger partial charge in [-0.2, -0.15) is 4.31 Å². The molecule has 0 saturated carbocycles. The molecule has 0 bridgehead atoms. The van der Waals surface area contributed by atoms with Crippen molar-refractivity contribution < 1.29 is 18.0 Å². The summed E-state index contributed by atoms with van der Waals surface area (Å²) in [5.41, 5.74) is 0.981. The average molecular weight is 374 g/mol. The SMILES string of the molecule is O=C1[C@H]2CC=CC[C@@H]2C(=O)N1C1CN(S(=O)(=O)CCc2ccccc2)C1. The molecular formula is C19H22N2O4S. The van der Waals surface area contributed by atoms with Gasteiger partial charge in [-0.1, -0.05) is 42.5 Å². The molecule has 1 aliphatic carbocycles. The fourth-order valence-electron chi connectivity index (χ4n) is 4.01. The van der Waals surface area contributed by atoms with Gasteiger partial charge in [0.15, 0.2) is 0 Å². The molecule has 2 atom stereocenters. The van der Waals surface area contributed by atoms with Crippen LogP contribution < -0.4 is 0 Å². The molecule has 0 N–H and O–H groups in total. The number of likely N-dealkylation sites (tertiary alicyclic amines) is 1. The summed E-state index contributed by atoms with van der Waals surface area (Å²) in [5.74, 6) is -0.723. The van der Waals surface area contributed by atoms with Crippen LogP contribution in [0, 0.1) is 11.8 Å². The zero-order valence-corrected chi connectivity index (χ0v) is 15.3. The molecule has 0 radical (unpaired) electrons. The average Bonchev–Trinajstić information content (AvgIpc) is 2.85. The lowest BCUT2D eigenvalue weighted by atomic mass is 9.85. The molecule has 3 aliphatic rings. The molecule has 0 unspecified atom stereocenters. The van der Waals surface area contributed by atoms with Crippen molar-refractivity contribution in [2.75, 3.05) is 18.8 Å². The van der Waals surface area contributed by atoms with E-state index < -0.39 is 10.0 Å². The van der Waals surface area contributed by atoms with E-state index in [2.05, 4.69) is 0 Å². The van der Waals surface area contributed by atoms with Gasteiger partial charge in [0.05, 0.1) is 23.6 Å². The molecule has 2 fully saturated rings. The van der Waals surface area contributed by atoms with Crippen LogP contribution >= 0.6 is 0 Å². The van der Waals surface area contributed by atoms with E-state index in [-0.39, 0.29) is 48.5 Å². The minimum absolute atomic E-state index is 0.0425. The monoisotopic (exact) mass is 374 g/mol. The van der Waals surface area contributed by atoms with Gasteiger partial charge in [0.2, 0.25) is 21.8 Å². The summed E-state index contributed by atoms with van der Waals surface area (Å²) >= 11 is 0. The minimum atomic E-state index is -3.37. The van der Waals surface area contributed by atoms with Crippen molar-refractivity contribution in [3.63, 3.8) is 0 Å². The highest BCUT2D eigenvalue weighted by molar-refractivity contribution is 7.89. The molecule has 138 valence electrons. The highest BCUT2D eigenvalue weighted by atomic mass is 32.2. The number of allylic oxidation sites excluding steroid dienone is 2. The number of hydrogen-bond donors (Lipinski definition) is 0. The van der Waals surface area contributed by atoms with Gasteiger partial charge < -0.3 is 0 Å². The molecule has 2 aliphatic heterocycles. The van der Waals surface area contributed by atoms with Crippen LogP contribution in [0.3, 0.4) is 0 Å². The second-order valence-electron chi connectivity index (χ2n) is 7.22. The zero-order chi connectivity index (χ0) is 18.3. The smallest absolute Gasteiger partial charge is 0.233 e. The maximum Gasteiger partial charge on any atom is 0.233 e. The van der Waals surface area contributed by atoms with Crippen molar-refractivity contribution in [3.05, 3.63) is 48.0 Å². The molecule has 1 aromatic carbocycles. The molecule has 6 nitrogen and oxygen atoms in total. The topological polar surface area (TPSA) is 74.8 Å². The Morgan fingerprint density at radius 2 is 1.50 bits per heavy atom. The molecule has 26 heavy (non-hydrogen) atoms. The lowest BCUT2D eigenvalue weighted by Crippen LogP contribution is -2.62. The van der Waals surface area contributed by atoms with Crippen molar-refractivity contribution in [3.8, 4) is 0 Å². The molecule has 2 amide bonds. The Bertz CT molecular complexity index is 818. The van der Waals surface area contributed by atoms with Gasteiger partial charge in [0.1, 0.15) is 0 Å². The van der Waals surface area contributed by atoms with E-state index in [4.69, 9.17) is 0 Å². The van der Waals surface area contributed by atoms with Crippen LogP contribution in [0.1, 0.15) is 18.4 Å². The lowest BCUT2D eigenvalue weighted by Gasteiger charge is -2.42. The summed E-state index contributed by atoms with van der Waals surface area (Å²) < 4.78 is 26.4. The molecule has 2 heterocycles. The van der Waals surface area contributed by atoms with E-state index in [0.717, 1.165) is 5.56 Å². The quantitative estimate of drug-likeness (QED) is 0.573. The molecule has 0 spiro atoms. The zero-order valence-electron chi connectivity index (χ0n) is 14.5. The van der Waals surface area contributed by atoms with Gasteiger partial charge in [0.25, 0.3) is 0 Å². The Kier molecular flexibility index (Phi) is 4.44. The normalized spacial score (nSPS) is 26.8. The fourth-order valence-corrected chi connectivity index (χ4v) is 5.56. The van der Waals surface area contributed by atoms with Crippen molar-refractivity contribution in [2.24, 2.45) is 11.8 Å². The van der Waals surface area contributed by atoms with Crippen LogP contribution in [0.5, 0.6) is 0 Å². The first-order chi connectivity index (χ1) is 12.5. The first-order valence-corrected chi connectivity index (χ1v) is 10.6. The van der Waals surface area contributed by atoms with Crippen LogP contribution in [0.2, 0.25) is 0 Å². The predicted octanol–water partition coefficient (Wildman–Crippen LogP) is 1.19. The molecule has 7 heteroatoms. The summed E-state index contributed by atoms with van der Waals surface area (Å²) in [4.78, 5) is 26.4. The molecular weight excluding hydrogens is 352 g/mol. The number of nitrogens with zero attached hydrogens (tertiary/aromatic N) is 2. The van der Waals surface area contributed by atoms with Crippen molar-refractivity contribution in [1.82, 2.24) is 9.21 Å². The van der Waals surface area contributed by atoms with Crippen molar-refractivity contribution >= 4 is 21.8 Å². The molecule has 2 saturated heterocycles.